The molecule has 0 atom stereocenters. The van der Waals surface area contributed by atoms with Crippen LogP contribution in [0.5, 0.6) is 0 Å². The average molecular weight is 427 g/mol. The number of amides is 2. The highest BCUT2D eigenvalue weighted by Gasteiger charge is 2.20. The van der Waals surface area contributed by atoms with Crippen molar-refractivity contribution in [1.29, 1.82) is 0 Å². The molecule has 0 aliphatic heterocycles. The molecule has 0 aliphatic carbocycles. The third-order valence-corrected chi connectivity index (χ3v) is 6.20. The predicted molar refractivity (Wildman–Crippen MR) is 110 cm³/mol. The molecule has 0 unspecified atom stereocenters. The number of carbonyl (C=O) groups excluding carboxylic acids is 2. The van der Waals surface area contributed by atoms with Crippen molar-refractivity contribution < 1.29 is 22.4 Å². The Morgan fingerprint density at radius 1 is 0.933 bits per heavy atom. The lowest BCUT2D eigenvalue weighted by Crippen LogP contribution is -2.41. The van der Waals surface area contributed by atoms with Gasteiger partial charge < -0.3 is 4.42 Å². The van der Waals surface area contributed by atoms with Crippen LogP contribution in [0.4, 0.5) is 0 Å². The summed E-state index contributed by atoms with van der Waals surface area (Å²) >= 11 is 0. The Morgan fingerprint density at radius 3 is 2.17 bits per heavy atom. The molecule has 0 spiro atoms. The van der Waals surface area contributed by atoms with Gasteiger partial charge in [0.15, 0.2) is 5.76 Å². The Bertz CT molecular complexity index is 1120. The Morgan fingerprint density at radius 2 is 1.57 bits per heavy atom. The Hall–Kier alpha value is -3.43. The van der Waals surface area contributed by atoms with Crippen LogP contribution >= 0.6 is 0 Å². The van der Waals surface area contributed by atoms with Crippen LogP contribution < -0.4 is 10.9 Å². The number of furan rings is 1. The molecule has 30 heavy (non-hydrogen) atoms. The summed E-state index contributed by atoms with van der Waals surface area (Å²) in [5, 5.41) is 0. The number of hydrogen-bond donors (Lipinski definition) is 2. The van der Waals surface area contributed by atoms with Crippen LogP contribution in [0.3, 0.4) is 0 Å². The van der Waals surface area contributed by atoms with E-state index < -0.39 is 21.8 Å². The number of sulfonamides is 1. The molecule has 0 saturated heterocycles. The van der Waals surface area contributed by atoms with Gasteiger partial charge in [-0.15, -0.1) is 0 Å². The number of rotatable bonds is 6. The molecule has 1 heterocycles. The molecule has 2 aromatic carbocycles. The monoisotopic (exact) mass is 427 g/mol. The molecule has 2 N–H and O–H groups in total. The van der Waals surface area contributed by atoms with E-state index in [1.807, 2.05) is 6.92 Å². The highest BCUT2D eigenvalue weighted by atomic mass is 32.2. The summed E-state index contributed by atoms with van der Waals surface area (Å²) < 4.78 is 31.5. The van der Waals surface area contributed by atoms with Crippen molar-refractivity contribution in [3.63, 3.8) is 0 Å². The minimum absolute atomic E-state index is 0.0727. The number of aryl methyl sites for hydroxylation is 1. The van der Waals surface area contributed by atoms with Gasteiger partial charge >= 0.3 is 5.91 Å². The number of nitrogens with one attached hydrogen (secondary N) is 2. The molecule has 3 rings (SSSR count). The number of hydrazine groups is 1. The van der Waals surface area contributed by atoms with Gasteiger partial charge in [0.25, 0.3) is 5.91 Å². The van der Waals surface area contributed by atoms with Crippen LogP contribution in [0.15, 0.2) is 76.2 Å². The molecule has 0 bridgehead atoms. The van der Waals surface area contributed by atoms with Gasteiger partial charge in [-0.2, -0.15) is 4.31 Å². The molecule has 2 amide bonds. The quantitative estimate of drug-likeness (QED) is 0.588. The van der Waals surface area contributed by atoms with E-state index in [-0.39, 0.29) is 17.2 Å². The van der Waals surface area contributed by atoms with Crippen molar-refractivity contribution in [3.05, 3.63) is 89.4 Å². The van der Waals surface area contributed by atoms with Crippen molar-refractivity contribution in [2.24, 2.45) is 0 Å². The molecule has 156 valence electrons. The zero-order chi connectivity index (χ0) is 21.7. The lowest BCUT2D eigenvalue weighted by Gasteiger charge is -2.17. The standard InChI is InChI=1S/C21H21N3O5S/c1-15-5-11-18(12-6-15)30(27,28)24(2)14-16-7-9-17(10-8-16)20(25)22-23-21(26)19-4-3-13-29-19/h3-13H,14H2,1-2H3,(H,22,25)(H,23,26). The summed E-state index contributed by atoms with van der Waals surface area (Å²) in [5.41, 5.74) is 6.54. The number of benzene rings is 2. The van der Waals surface area contributed by atoms with Crippen LogP contribution in [0.2, 0.25) is 0 Å². The molecule has 1 aromatic heterocycles. The maximum Gasteiger partial charge on any atom is 0.305 e. The lowest BCUT2D eigenvalue weighted by atomic mass is 10.1. The van der Waals surface area contributed by atoms with Crippen molar-refractivity contribution in [2.45, 2.75) is 18.4 Å². The largest absolute Gasteiger partial charge is 0.459 e. The highest BCUT2D eigenvalue weighted by molar-refractivity contribution is 7.89. The first-order valence-corrected chi connectivity index (χ1v) is 10.5. The molecular weight excluding hydrogens is 406 g/mol. The maximum absolute atomic E-state index is 12.7. The molecule has 0 fully saturated rings. The van der Waals surface area contributed by atoms with Gasteiger partial charge in [-0.1, -0.05) is 29.8 Å². The Labute approximate surface area is 174 Å². The SMILES string of the molecule is Cc1ccc(S(=O)(=O)N(C)Cc2ccc(C(=O)NNC(=O)c3ccco3)cc2)cc1. The molecule has 8 nitrogen and oxygen atoms in total. The van der Waals surface area contributed by atoms with Crippen molar-refractivity contribution in [1.82, 2.24) is 15.2 Å². The molecule has 0 saturated carbocycles. The molecular formula is C21H21N3O5S. The van der Waals surface area contributed by atoms with E-state index in [4.69, 9.17) is 4.42 Å². The van der Waals surface area contributed by atoms with Crippen LogP contribution in [-0.2, 0) is 16.6 Å². The summed E-state index contributed by atoms with van der Waals surface area (Å²) in [5.74, 6) is -1.02. The fraction of sp³-hybridized carbons (Fsp3) is 0.143. The van der Waals surface area contributed by atoms with E-state index in [2.05, 4.69) is 10.9 Å². The van der Waals surface area contributed by atoms with Crippen LogP contribution in [-0.4, -0.2) is 31.6 Å². The third kappa shape index (κ3) is 4.94. The average Bonchev–Trinajstić information content (AvgIpc) is 3.27. The van der Waals surface area contributed by atoms with Crippen LogP contribution in [0.25, 0.3) is 0 Å². The first-order chi connectivity index (χ1) is 14.3. The summed E-state index contributed by atoms with van der Waals surface area (Å²) in [6, 6.07) is 16.1. The Kier molecular flexibility index (Phi) is 6.34. The van der Waals surface area contributed by atoms with Gasteiger partial charge in [0, 0.05) is 19.2 Å². The van der Waals surface area contributed by atoms with Gasteiger partial charge in [-0.05, 0) is 48.9 Å². The van der Waals surface area contributed by atoms with Crippen molar-refractivity contribution in [3.8, 4) is 0 Å². The zero-order valence-corrected chi connectivity index (χ0v) is 17.3. The molecule has 9 heteroatoms. The topological polar surface area (TPSA) is 109 Å². The van der Waals surface area contributed by atoms with E-state index >= 15 is 0 Å². The fourth-order valence-electron chi connectivity index (χ4n) is 2.65. The normalized spacial score (nSPS) is 11.3. The molecule has 0 aliphatic rings. The highest BCUT2D eigenvalue weighted by Crippen LogP contribution is 2.17. The second-order valence-corrected chi connectivity index (χ2v) is 8.70. The molecule has 3 aromatic rings. The van der Waals surface area contributed by atoms with Gasteiger partial charge in [-0.25, -0.2) is 8.42 Å². The van der Waals surface area contributed by atoms with Crippen molar-refractivity contribution >= 4 is 21.8 Å². The van der Waals surface area contributed by atoms with Gasteiger partial charge in [-0.3, -0.25) is 20.4 Å². The summed E-state index contributed by atoms with van der Waals surface area (Å²) in [6.45, 7) is 2.04. The third-order valence-electron chi connectivity index (χ3n) is 4.39. The van der Waals surface area contributed by atoms with Crippen LogP contribution in [0, 0.1) is 6.92 Å². The lowest BCUT2D eigenvalue weighted by molar-refractivity contribution is 0.0831. The van der Waals surface area contributed by atoms with E-state index in [0.717, 1.165) is 5.56 Å². The van der Waals surface area contributed by atoms with Gasteiger partial charge in [0.2, 0.25) is 10.0 Å². The number of carbonyl (C=O) groups is 2. The van der Waals surface area contributed by atoms with Crippen LogP contribution in [0.1, 0.15) is 32.0 Å². The maximum atomic E-state index is 12.7. The van der Waals surface area contributed by atoms with E-state index in [0.29, 0.717) is 11.1 Å². The summed E-state index contributed by atoms with van der Waals surface area (Å²) in [6.07, 6.45) is 1.35. The number of nitrogens with zero attached hydrogens (tertiary/aromatic N) is 1. The second-order valence-electron chi connectivity index (χ2n) is 6.66. The van der Waals surface area contributed by atoms with E-state index in [9.17, 15) is 18.0 Å². The first kappa shape index (κ1) is 21.3. The minimum atomic E-state index is -3.62. The minimum Gasteiger partial charge on any atom is -0.459 e. The van der Waals surface area contributed by atoms with E-state index in [1.165, 1.54) is 23.7 Å². The zero-order valence-electron chi connectivity index (χ0n) is 16.5. The first-order valence-electron chi connectivity index (χ1n) is 9.03. The van der Waals surface area contributed by atoms with E-state index in [1.54, 1.807) is 54.6 Å². The summed E-state index contributed by atoms with van der Waals surface area (Å²) in [7, 11) is -2.12. The molecule has 0 radical (unpaired) electrons. The van der Waals surface area contributed by atoms with Gasteiger partial charge in [0.1, 0.15) is 0 Å². The van der Waals surface area contributed by atoms with Gasteiger partial charge in [0.05, 0.1) is 11.2 Å². The second kappa shape index (κ2) is 8.93. The summed E-state index contributed by atoms with van der Waals surface area (Å²) in [4.78, 5) is 24.1. The fourth-order valence-corrected chi connectivity index (χ4v) is 3.81. The predicted octanol–water partition coefficient (Wildman–Crippen LogP) is 2.48. The van der Waals surface area contributed by atoms with Crippen molar-refractivity contribution in [2.75, 3.05) is 7.05 Å². The number of hydrogen-bond acceptors (Lipinski definition) is 5. The Balaban J connectivity index is 1.60. The smallest absolute Gasteiger partial charge is 0.305 e.